The first-order valence-electron chi connectivity index (χ1n) is 8.87. The summed E-state index contributed by atoms with van der Waals surface area (Å²) in [5.74, 6) is 0.539. The molecule has 0 aliphatic carbocycles. The molecule has 0 bridgehead atoms. The molecule has 0 saturated carbocycles. The van der Waals surface area contributed by atoms with E-state index in [1.165, 1.54) is 0 Å². The van der Waals surface area contributed by atoms with Gasteiger partial charge >= 0.3 is 5.97 Å². The normalized spacial score (nSPS) is 17.9. The van der Waals surface area contributed by atoms with Crippen molar-refractivity contribution in [2.75, 3.05) is 27.3 Å². The molecule has 2 aromatic rings. The molecule has 1 saturated heterocycles. The average molecular weight is 355 g/mol. The minimum atomic E-state index is -0.718. The predicted octanol–water partition coefficient (Wildman–Crippen LogP) is 3.59. The summed E-state index contributed by atoms with van der Waals surface area (Å²) < 4.78 is 10.8. The molecule has 5 heteroatoms. The Balaban J connectivity index is 2.01. The van der Waals surface area contributed by atoms with Gasteiger partial charge in [0, 0.05) is 6.54 Å². The second-order valence-corrected chi connectivity index (χ2v) is 6.63. The van der Waals surface area contributed by atoms with Crippen LogP contribution in [0.25, 0.3) is 0 Å². The SMILES string of the molecule is COc1cccc(C(c2cccc(OC)c2)N2CCCC(C(=O)O)C2)c1. The Labute approximate surface area is 154 Å². The molecule has 5 nitrogen and oxygen atoms in total. The van der Waals surface area contributed by atoms with Crippen LogP contribution in [0.3, 0.4) is 0 Å². The number of hydrogen-bond donors (Lipinski definition) is 1. The maximum absolute atomic E-state index is 11.5. The van der Waals surface area contributed by atoms with Gasteiger partial charge in [0.2, 0.25) is 0 Å². The first-order valence-corrected chi connectivity index (χ1v) is 8.87. The molecule has 3 rings (SSSR count). The molecule has 26 heavy (non-hydrogen) atoms. The minimum Gasteiger partial charge on any atom is -0.497 e. The van der Waals surface area contributed by atoms with Crippen LogP contribution in [0.1, 0.15) is 30.0 Å². The van der Waals surface area contributed by atoms with Gasteiger partial charge in [-0.15, -0.1) is 0 Å². The number of hydrogen-bond acceptors (Lipinski definition) is 4. The molecule has 1 aliphatic heterocycles. The van der Waals surface area contributed by atoms with E-state index in [0.29, 0.717) is 6.54 Å². The van der Waals surface area contributed by atoms with Gasteiger partial charge in [-0.05, 0) is 54.8 Å². The summed E-state index contributed by atoms with van der Waals surface area (Å²) >= 11 is 0. The van der Waals surface area contributed by atoms with Crippen LogP contribution in [0, 0.1) is 5.92 Å². The van der Waals surface area contributed by atoms with Gasteiger partial charge in [-0.25, -0.2) is 0 Å². The molecule has 0 amide bonds. The van der Waals surface area contributed by atoms with Crippen molar-refractivity contribution in [2.24, 2.45) is 5.92 Å². The van der Waals surface area contributed by atoms with Crippen molar-refractivity contribution >= 4 is 5.97 Å². The fourth-order valence-corrected chi connectivity index (χ4v) is 3.68. The standard InChI is InChI=1S/C21H25NO4/c1-25-18-9-3-6-15(12-18)20(16-7-4-10-19(13-16)26-2)22-11-5-8-17(14-22)21(23)24/h3-4,6-7,9-10,12-13,17,20H,5,8,11,14H2,1-2H3,(H,23,24). The van der Waals surface area contributed by atoms with E-state index >= 15 is 0 Å². The summed E-state index contributed by atoms with van der Waals surface area (Å²) in [6.07, 6.45) is 1.61. The Hall–Kier alpha value is -2.53. The molecule has 1 heterocycles. The van der Waals surface area contributed by atoms with E-state index in [0.717, 1.165) is 42.0 Å². The van der Waals surface area contributed by atoms with Gasteiger partial charge in [0.05, 0.1) is 26.2 Å². The van der Waals surface area contributed by atoms with E-state index in [1.54, 1.807) is 14.2 Å². The number of carboxylic acid groups (broad SMARTS) is 1. The Bertz CT molecular complexity index is 714. The van der Waals surface area contributed by atoms with E-state index in [2.05, 4.69) is 17.0 Å². The molecule has 0 spiro atoms. The van der Waals surface area contributed by atoms with Crippen LogP contribution in [0.4, 0.5) is 0 Å². The van der Waals surface area contributed by atoms with E-state index in [9.17, 15) is 9.90 Å². The zero-order valence-electron chi connectivity index (χ0n) is 15.2. The van der Waals surface area contributed by atoms with Crippen LogP contribution in [0.2, 0.25) is 0 Å². The highest BCUT2D eigenvalue weighted by Crippen LogP contribution is 2.35. The number of aliphatic carboxylic acids is 1. The molecule has 2 aromatic carbocycles. The number of rotatable bonds is 6. The highest BCUT2D eigenvalue weighted by molar-refractivity contribution is 5.70. The van der Waals surface area contributed by atoms with Crippen molar-refractivity contribution in [3.8, 4) is 11.5 Å². The van der Waals surface area contributed by atoms with E-state index < -0.39 is 5.97 Å². The van der Waals surface area contributed by atoms with Gasteiger partial charge in [0.25, 0.3) is 0 Å². The van der Waals surface area contributed by atoms with Crippen molar-refractivity contribution in [3.05, 3.63) is 59.7 Å². The highest BCUT2D eigenvalue weighted by Gasteiger charge is 2.31. The van der Waals surface area contributed by atoms with Crippen molar-refractivity contribution < 1.29 is 19.4 Å². The summed E-state index contributed by atoms with van der Waals surface area (Å²) in [6, 6.07) is 15.9. The number of carbonyl (C=O) groups is 1. The first-order chi connectivity index (χ1) is 12.6. The third-order valence-corrected chi connectivity index (χ3v) is 4.99. The fraction of sp³-hybridized carbons (Fsp3) is 0.381. The monoisotopic (exact) mass is 355 g/mol. The largest absolute Gasteiger partial charge is 0.497 e. The summed E-state index contributed by atoms with van der Waals surface area (Å²) in [5.41, 5.74) is 2.17. The summed E-state index contributed by atoms with van der Waals surface area (Å²) in [7, 11) is 3.31. The number of ether oxygens (including phenoxy) is 2. The van der Waals surface area contributed by atoms with Gasteiger partial charge in [0.1, 0.15) is 11.5 Å². The van der Waals surface area contributed by atoms with Crippen LogP contribution in [0.15, 0.2) is 48.5 Å². The third kappa shape index (κ3) is 3.99. The van der Waals surface area contributed by atoms with Crippen LogP contribution in [-0.4, -0.2) is 43.3 Å². The van der Waals surface area contributed by atoms with Gasteiger partial charge < -0.3 is 14.6 Å². The van der Waals surface area contributed by atoms with Crippen LogP contribution >= 0.6 is 0 Å². The van der Waals surface area contributed by atoms with Crippen molar-refractivity contribution in [3.63, 3.8) is 0 Å². The second kappa shape index (κ2) is 8.23. The molecule has 0 radical (unpaired) electrons. The molecule has 1 unspecified atom stereocenters. The number of piperidine rings is 1. The predicted molar refractivity (Wildman–Crippen MR) is 99.8 cm³/mol. The molecule has 0 aromatic heterocycles. The lowest BCUT2D eigenvalue weighted by Gasteiger charge is -2.37. The number of nitrogens with zero attached hydrogens (tertiary/aromatic N) is 1. The van der Waals surface area contributed by atoms with E-state index in [1.807, 2.05) is 36.4 Å². The topological polar surface area (TPSA) is 59.0 Å². The lowest BCUT2D eigenvalue weighted by atomic mass is 9.91. The van der Waals surface area contributed by atoms with Gasteiger partial charge in [-0.1, -0.05) is 24.3 Å². The lowest BCUT2D eigenvalue weighted by molar-refractivity contribution is -0.143. The number of benzene rings is 2. The third-order valence-electron chi connectivity index (χ3n) is 4.99. The van der Waals surface area contributed by atoms with Crippen LogP contribution in [-0.2, 0) is 4.79 Å². The zero-order valence-corrected chi connectivity index (χ0v) is 15.2. The maximum Gasteiger partial charge on any atom is 0.307 e. The van der Waals surface area contributed by atoms with Gasteiger partial charge in [-0.2, -0.15) is 0 Å². The molecule has 138 valence electrons. The molecule has 1 aliphatic rings. The summed E-state index contributed by atoms with van der Waals surface area (Å²) in [6.45, 7) is 1.40. The minimum absolute atomic E-state index is 0.0395. The summed E-state index contributed by atoms with van der Waals surface area (Å²) in [4.78, 5) is 13.8. The second-order valence-electron chi connectivity index (χ2n) is 6.63. The van der Waals surface area contributed by atoms with Crippen LogP contribution < -0.4 is 9.47 Å². The molecule has 1 atom stereocenters. The van der Waals surface area contributed by atoms with Crippen molar-refractivity contribution in [1.29, 1.82) is 0 Å². The number of likely N-dealkylation sites (tertiary alicyclic amines) is 1. The first kappa shape index (κ1) is 18.3. The zero-order chi connectivity index (χ0) is 18.5. The quantitative estimate of drug-likeness (QED) is 0.858. The average Bonchev–Trinajstić information content (AvgIpc) is 2.69. The maximum atomic E-state index is 11.5. The number of carboxylic acids is 1. The van der Waals surface area contributed by atoms with E-state index in [4.69, 9.17) is 9.47 Å². The highest BCUT2D eigenvalue weighted by atomic mass is 16.5. The number of methoxy groups -OCH3 is 2. The van der Waals surface area contributed by atoms with Gasteiger partial charge in [0.15, 0.2) is 0 Å². The molecular formula is C21H25NO4. The van der Waals surface area contributed by atoms with E-state index in [-0.39, 0.29) is 12.0 Å². The van der Waals surface area contributed by atoms with Crippen molar-refractivity contribution in [1.82, 2.24) is 4.90 Å². The van der Waals surface area contributed by atoms with Crippen molar-refractivity contribution in [2.45, 2.75) is 18.9 Å². The summed E-state index contributed by atoms with van der Waals surface area (Å²) in [5, 5.41) is 9.48. The van der Waals surface area contributed by atoms with Gasteiger partial charge in [-0.3, -0.25) is 9.69 Å². The Morgan fingerprint density at radius 3 is 2.15 bits per heavy atom. The molecule has 1 fully saturated rings. The smallest absolute Gasteiger partial charge is 0.307 e. The Morgan fingerprint density at radius 2 is 1.65 bits per heavy atom. The molecular weight excluding hydrogens is 330 g/mol. The lowest BCUT2D eigenvalue weighted by Crippen LogP contribution is -2.41. The Kier molecular flexibility index (Phi) is 5.78. The Morgan fingerprint density at radius 1 is 1.08 bits per heavy atom. The van der Waals surface area contributed by atoms with Crippen LogP contribution in [0.5, 0.6) is 11.5 Å². The fourth-order valence-electron chi connectivity index (χ4n) is 3.68. The molecule has 1 N–H and O–H groups in total.